The molecule has 0 aromatic heterocycles. The van der Waals surface area contributed by atoms with Gasteiger partial charge < -0.3 is 10.2 Å². The number of nitrogens with one attached hydrogen (secondary N) is 1. The van der Waals surface area contributed by atoms with E-state index in [1.54, 1.807) is 6.07 Å². The van der Waals surface area contributed by atoms with Crippen LogP contribution in [0.3, 0.4) is 0 Å². The molecule has 2 unspecified atom stereocenters. The van der Waals surface area contributed by atoms with E-state index in [9.17, 15) is 13.2 Å². The van der Waals surface area contributed by atoms with Gasteiger partial charge in [-0.1, -0.05) is 19.1 Å². The van der Waals surface area contributed by atoms with E-state index in [1.807, 2.05) is 6.92 Å². The first-order valence-corrected chi connectivity index (χ1v) is 7.53. The van der Waals surface area contributed by atoms with E-state index in [0.29, 0.717) is 11.5 Å². The highest BCUT2D eigenvalue weighted by Crippen LogP contribution is 2.30. The van der Waals surface area contributed by atoms with E-state index in [-0.39, 0.29) is 6.04 Å². The zero-order valence-electron chi connectivity index (χ0n) is 12.6. The summed E-state index contributed by atoms with van der Waals surface area (Å²) in [5.74, 6) is 0.596. The Hall–Kier alpha value is -1.07. The summed E-state index contributed by atoms with van der Waals surface area (Å²) in [7, 11) is 0. The topological polar surface area (TPSA) is 15.3 Å². The third-order valence-electron chi connectivity index (χ3n) is 4.24. The number of likely N-dealkylation sites (tertiary alicyclic amines) is 1. The molecule has 2 atom stereocenters. The first kappa shape index (κ1) is 16.3. The zero-order valence-corrected chi connectivity index (χ0v) is 12.6. The highest BCUT2D eigenvalue weighted by Gasteiger charge is 2.30. The van der Waals surface area contributed by atoms with Gasteiger partial charge >= 0.3 is 6.18 Å². The number of hydrogen-bond acceptors (Lipinski definition) is 2. The Kier molecular flexibility index (Phi) is 5.27. The van der Waals surface area contributed by atoms with Gasteiger partial charge in [-0.15, -0.1) is 0 Å². The molecule has 0 amide bonds. The number of benzene rings is 1. The molecule has 0 spiro atoms. The van der Waals surface area contributed by atoms with Gasteiger partial charge in [0.15, 0.2) is 0 Å². The summed E-state index contributed by atoms with van der Waals surface area (Å²) in [5.41, 5.74) is 0.113. The van der Waals surface area contributed by atoms with Crippen LogP contribution in [-0.2, 0) is 6.18 Å². The van der Waals surface area contributed by atoms with E-state index in [4.69, 9.17) is 0 Å². The normalized spacial score (nSPS) is 21.7. The largest absolute Gasteiger partial charge is 0.416 e. The molecule has 2 rings (SSSR count). The van der Waals surface area contributed by atoms with Crippen LogP contribution in [0.4, 0.5) is 13.2 Å². The highest BCUT2D eigenvalue weighted by atomic mass is 19.4. The van der Waals surface area contributed by atoms with Crippen molar-refractivity contribution in [3.8, 4) is 0 Å². The Morgan fingerprint density at radius 2 is 2.14 bits per heavy atom. The fraction of sp³-hybridized carbons (Fsp3) is 0.625. The minimum atomic E-state index is -4.27. The molecule has 0 bridgehead atoms. The van der Waals surface area contributed by atoms with Crippen LogP contribution in [0.2, 0.25) is 0 Å². The molecule has 1 N–H and O–H groups in total. The maximum Gasteiger partial charge on any atom is 0.416 e. The zero-order chi connectivity index (χ0) is 15.5. The van der Waals surface area contributed by atoms with E-state index in [1.165, 1.54) is 12.1 Å². The second-order valence-corrected chi connectivity index (χ2v) is 5.80. The molecule has 2 nitrogen and oxygen atoms in total. The molecule has 1 aromatic carbocycles. The highest BCUT2D eigenvalue weighted by molar-refractivity contribution is 5.27. The predicted octanol–water partition coefficient (Wildman–Crippen LogP) is 3.70. The second-order valence-electron chi connectivity index (χ2n) is 5.80. The predicted molar refractivity (Wildman–Crippen MR) is 78.1 cm³/mol. The van der Waals surface area contributed by atoms with Gasteiger partial charge in [-0.05, 0) is 56.6 Å². The van der Waals surface area contributed by atoms with Crippen LogP contribution in [0, 0.1) is 5.92 Å². The Labute approximate surface area is 124 Å². The minimum absolute atomic E-state index is 0.0667. The fourth-order valence-electron chi connectivity index (χ4n) is 2.81. The number of hydrogen-bond donors (Lipinski definition) is 1. The quantitative estimate of drug-likeness (QED) is 0.892. The van der Waals surface area contributed by atoms with Crippen LogP contribution < -0.4 is 5.32 Å². The molecular formula is C16H23F3N2. The van der Waals surface area contributed by atoms with Gasteiger partial charge in [0.05, 0.1) is 5.56 Å². The van der Waals surface area contributed by atoms with Gasteiger partial charge in [-0.3, -0.25) is 0 Å². The van der Waals surface area contributed by atoms with Crippen molar-refractivity contribution < 1.29 is 13.2 Å². The first-order chi connectivity index (χ1) is 9.90. The van der Waals surface area contributed by atoms with Crippen molar-refractivity contribution in [1.82, 2.24) is 10.2 Å². The summed E-state index contributed by atoms with van der Waals surface area (Å²) in [6.07, 6.45) is -3.11. The molecule has 1 aliphatic rings. The summed E-state index contributed by atoms with van der Waals surface area (Å²) >= 11 is 0. The van der Waals surface area contributed by atoms with Gasteiger partial charge in [-0.2, -0.15) is 13.2 Å². The van der Waals surface area contributed by atoms with Crippen molar-refractivity contribution in [2.24, 2.45) is 5.92 Å². The van der Waals surface area contributed by atoms with E-state index >= 15 is 0 Å². The standard InChI is InChI=1S/C16H23F3N2/c1-3-21-8-7-13(11-21)10-20-12(2)14-5-4-6-15(9-14)16(17,18)19/h4-6,9,12-13,20H,3,7-8,10-11H2,1-2H3. The summed E-state index contributed by atoms with van der Waals surface area (Å²) < 4.78 is 38.2. The smallest absolute Gasteiger partial charge is 0.310 e. The lowest BCUT2D eigenvalue weighted by Crippen LogP contribution is -2.28. The number of alkyl halides is 3. The van der Waals surface area contributed by atoms with Crippen molar-refractivity contribution in [1.29, 1.82) is 0 Å². The van der Waals surface area contributed by atoms with E-state index < -0.39 is 11.7 Å². The van der Waals surface area contributed by atoms with Gasteiger partial charge in [-0.25, -0.2) is 0 Å². The average Bonchev–Trinajstić information content (AvgIpc) is 2.92. The van der Waals surface area contributed by atoms with Crippen LogP contribution >= 0.6 is 0 Å². The van der Waals surface area contributed by atoms with Crippen LogP contribution in [-0.4, -0.2) is 31.1 Å². The third kappa shape index (κ3) is 4.45. The molecule has 1 fully saturated rings. The van der Waals surface area contributed by atoms with Crippen molar-refractivity contribution in [2.75, 3.05) is 26.2 Å². The van der Waals surface area contributed by atoms with Crippen molar-refractivity contribution in [3.63, 3.8) is 0 Å². The fourth-order valence-corrected chi connectivity index (χ4v) is 2.81. The average molecular weight is 300 g/mol. The SMILES string of the molecule is CCN1CCC(CNC(C)c2cccc(C(F)(F)F)c2)C1. The Bertz CT molecular complexity index is 459. The minimum Gasteiger partial charge on any atom is -0.310 e. The molecule has 21 heavy (non-hydrogen) atoms. The second kappa shape index (κ2) is 6.79. The molecule has 1 aliphatic heterocycles. The molecule has 0 aliphatic carbocycles. The van der Waals surface area contributed by atoms with Crippen molar-refractivity contribution in [2.45, 2.75) is 32.5 Å². The Balaban J connectivity index is 1.90. The molecule has 0 radical (unpaired) electrons. The van der Waals surface area contributed by atoms with Gasteiger partial charge in [0.1, 0.15) is 0 Å². The van der Waals surface area contributed by atoms with E-state index in [0.717, 1.165) is 38.7 Å². The maximum atomic E-state index is 12.7. The third-order valence-corrected chi connectivity index (χ3v) is 4.24. The molecule has 1 heterocycles. The van der Waals surface area contributed by atoms with Crippen LogP contribution in [0.25, 0.3) is 0 Å². The van der Waals surface area contributed by atoms with Gasteiger partial charge in [0, 0.05) is 12.6 Å². The van der Waals surface area contributed by atoms with Gasteiger partial charge in [0.2, 0.25) is 0 Å². The molecule has 1 saturated heterocycles. The molecule has 118 valence electrons. The Morgan fingerprint density at radius 1 is 1.38 bits per heavy atom. The lowest BCUT2D eigenvalue weighted by Gasteiger charge is -2.19. The molecule has 1 aromatic rings. The molecular weight excluding hydrogens is 277 g/mol. The van der Waals surface area contributed by atoms with Crippen LogP contribution in [0.5, 0.6) is 0 Å². The number of halogens is 3. The van der Waals surface area contributed by atoms with Gasteiger partial charge in [0.25, 0.3) is 0 Å². The maximum absolute atomic E-state index is 12.7. The van der Waals surface area contributed by atoms with E-state index in [2.05, 4.69) is 17.1 Å². The monoisotopic (exact) mass is 300 g/mol. The summed E-state index contributed by atoms with van der Waals surface area (Å²) in [4.78, 5) is 2.40. The van der Waals surface area contributed by atoms with Crippen LogP contribution in [0.15, 0.2) is 24.3 Å². The summed E-state index contributed by atoms with van der Waals surface area (Å²) in [5, 5.41) is 3.37. The summed E-state index contributed by atoms with van der Waals surface area (Å²) in [6.45, 7) is 8.20. The van der Waals surface area contributed by atoms with Crippen molar-refractivity contribution >= 4 is 0 Å². The Morgan fingerprint density at radius 3 is 2.76 bits per heavy atom. The molecule has 5 heteroatoms. The van der Waals surface area contributed by atoms with Crippen molar-refractivity contribution in [3.05, 3.63) is 35.4 Å². The first-order valence-electron chi connectivity index (χ1n) is 7.53. The number of nitrogens with zero attached hydrogens (tertiary/aromatic N) is 1. The lowest BCUT2D eigenvalue weighted by molar-refractivity contribution is -0.137. The number of rotatable bonds is 5. The molecule has 0 saturated carbocycles. The van der Waals surface area contributed by atoms with Crippen LogP contribution in [0.1, 0.15) is 37.4 Å². The summed E-state index contributed by atoms with van der Waals surface area (Å²) in [6, 6.07) is 5.52. The lowest BCUT2D eigenvalue weighted by atomic mass is 10.0.